The molecule has 27 heavy (non-hydrogen) atoms. The highest BCUT2D eigenvalue weighted by molar-refractivity contribution is 8.13. The molecule has 0 bridgehead atoms. The van der Waals surface area contributed by atoms with Crippen LogP contribution in [-0.2, 0) is 13.1 Å². The Kier molecular flexibility index (Phi) is 5.24. The molecule has 4 rings (SSSR count). The molecule has 1 aliphatic rings. The van der Waals surface area contributed by atoms with Crippen molar-refractivity contribution >= 4 is 39.2 Å². The van der Waals surface area contributed by atoms with Gasteiger partial charge in [0.25, 0.3) is 0 Å². The summed E-state index contributed by atoms with van der Waals surface area (Å²) < 4.78 is 0. The Morgan fingerprint density at radius 2 is 2.04 bits per heavy atom. The molecule has 5 heteroatoms. The lowest BCUT2D eigenvalue weighted by Crippen LogP contribution is -2.32. The summed E-state index contributed by atoms with van der Waals surface area (Å²) in [5.74, 6) is 0. The number of aromatic nitrogens is 1. The van der Waals surface area contributed by atoms with Gasteiger partial charge < -0.3 is 4.90 Å². The van der Waals surface area contributed by atoms with Gasteiger partial charge in [-0.1, -0.05) is 13.0 Å². The SMILES string of the molecule is CC[C@@H](C)N=C1Sc2nc3cc(C)c(C)cc3cc2CN1Cc1cccs1. The van der Waals surface area contributed by atoms with Crippen molar-refractivity contribution in [3.8, 4) is 0 Å². The molecule has 140 valence electrons. The third-order valence-corrected chi connectivity index (χ3v) is 7.09. The Labute approximate surface area is 169 Å². The number of thiophene rings is 1. The molecular formula is C22H25N3S2. The van der Waals surface area contributed by atoms with E-state index in [1.54, 1.807) is 11.8 Å². The average molecular weight is 396 g/mol. The number of hydrogen-bond donors (Lipinski definition) is 0. The second kappa shape index (κ2) is 7.64. The number of rotatable bonds is 4. The van der Waals surface area contributed by atoms with Crippen molar-refractivity contribution in [1.82, 2.24) is 9.88 Å². The fraction of sp³-hybridized carbons (Fsp3) is 0.364. The van der Waals surface area contributed by atoms with E-state index >= 15 is 0 Å². The van der Waals surface area contributed by atoms with E-state index in [1.165, 1.54) is 27.0 Å². The quantitative estimate of drug-likeness (QED) is 0.528. The maximum absolute atomic E-state index is 5.00. The molecule has 0 spiro atoms. The molecule has 2 aromatic heterocycles. The van der Waals surface area contributed by atoms with Gasteiger partial charge in [-0.15, -0.1) is 11.3 Å². The van der Waals surface area contributed by atoms with Crippen molar-refractivity contribution in [3.63, 3.8) is 0 Å². The predicted octanol–water partition coefficient (Wildman–Crippen LogP) is 6.18. The Bertz CT molecular complexity index is 992. The summed E-state index contributed by atoms with van der Waals surface area (Å²) in [6.45, 7) is 10.5. The normalized spacial score (nSPS) is 16.7. The van der Waals surface area contributed by atoms with Gasteiger partial charge in [-0.2, -0.15) is 0 Å². The molecule has 3 nitrogen and oxygen atoms in total. The Balaban J connectivity index is 1.75. The smallest absolute Gasteiger partial charge is 0.166 e. The van der Waals surface area contributed by atoms with Crippen LogP contribution in [0, 0.1) is 13.8 Å². The molecule has 0 saturated carbocycles. The van der Waals surface area contributed by atoms with E-state index in [-0.39, 0.29) is 0 Å². The number of nitrogens with zero attached hydrogens (tertiary/aromatic N) is 3. The summed E-state index contributed by atoms with van der Waals surface area (Å²) in [5, 5.41) is 5.58. The zero-order valence-corrected chi connectivity index (χ0v) is 18.0. The highest BCUT2D eigenvalue weighted by Gasteiger charge is 2.25. The molecule has 0 saturated heterocycles. The first-order chi connectivity index (χ1) is 13.0. The van der Waals surface area contributed by atoms with Crippen molar-refractivity contribution in [2.75, 3.05) is 0 Å². The second-order valence-corrected chi connectivity index (χ2v) is 9.28. The van der Waals surface area contributed by atoms with Crippen LogP contribution in [0.25, 0.3) is 10.9 Å². The largest absolute Gasteiger partial charge is 0.342 e. The van der Waals surface area contributed by atoms with E-state index in [0.29, 0.717) is 6.04 Å². The summed E-state index contributed by atoms with van der Waals surface area (Å²) in [7, 11) is 0. The third-order valence-electron chi connectivity index (χ3n) is 5.14. The maximum Gasteiger partial charge on any atom is 0.166 e. The number of thioether (sulfide) groups is 1. The Morgan fingerprint density at radius 1 is 1.22 bits per heavy atom. The van der Waals surface area contributed by atoms with Crippen LogP contribution in [0.2, 0.25) is 0 Å². The van der Waals surface area contributed by atoms with Crippen LogP contribution in [0.1, 0.15) is 41.8 Å². The standard InChI is InChI=1S/C22H25N3S2/c1-5-16(4)23-22-25(13-19-7-6-8-26-19)12-18-11-17-9-14(2)15(3)10-20(17)24-21(18)27-22/h6-11,16H,5,12-13H2,1-4H3/t16-/m1/s1. The predicted molar refractivity (Wildman–Crippen MR) is 118 cm³/mol. The van der Waals surface area contributed by atoms with E-state index in [2.05, 4.69) is 68.3 Å². The molecule has 1 aromatic carbocycles. The number of aliphatic imine (C=N–C) groups is 1. The van der Waals surface area contributed by atoms with Crippen molar-refractivity contribution < 1.29 is 0 Å². The molecule has 0 unspecified atom stereocenters. The van der Waals surface area contributed by atoms with Crippen LogP contribution in [-0.4, -0.2) is 21.1 Å². The van der Waals surface area contributed by atoms with E-state index in [4.69, 9.17) is 9.98 Å². The van der Waals surface area contributed by atoms with Gasteiger partial charge in [-0.05, 0) is 79.7 Å². The van der Waals surface area contributed by atoms with E-state index in [9.17, 15) is 0 Å². The molecule has 0 amide bonds. The third kappa shape index (κ3) is 3.90. The minimum atomic E-state index is 0.324. The maximum atomic E-state index is 5.00. The van der Waals surface area contributed by atoms with Gasteiger partial charge in [0.1, 0.15) is 5.03 Å². The van der Waals surface area contributed by atoms with Gasteiger partial charge in [0.05, 0.1) is 12.1 Å². The number of amidine groups is 1. The number of benzene rings is 1. The van der Waals surface area contributed by atoms with Gasteiger partial charge >= 0.3 is 0 Å². The zero-order chi connectivity index (χ0) is 19.0. The summed E-state index contributed by atoms with van der Waals surface area (Å²) in [6.07, 6.45) is 1.05. The molecular weight excluding hydrogens is 370 g/mol. The van der Waals surface area contributed by atoms with Gasteiger partial charge in [-0.3, -0.25) is 4.99 Å². The fourth-order valence-corrected chi connectivity index (χ4v) is 4.98. The summed E-state index contributed by atoms with van der Waals surface area (Å²) >= 11 is 3.53. The Morgan fingerprint density at radius 3 is 2.78 bits per heavy atom. The van der Waals surface area contributed by atoms with Crippen LogP contribution in [0.4, 0.5) is 0 Å². The van der Waals surface area contributed by atoms with Crippen LogP contribution in [0.15, 0.2) is 45.7 Å². The number of fused-ring (bicyclic) bond motifs is 2. The number of pyridine rings is 1. The van der Waals surface area contributed by atoms with E-state index < -0.39 is 0 Å². The lowest BCUT2D eigenvalue weighted by atomic mass is 10.0. The first-order valence-electron chi connectivity index (χ1n) is 9.47. The Hall–Kier alpha value is -1.85. The van der Waals surface area contributed by atoms with Crippen molar-refractivity contribution in [1.29, 1.82) is 0 Å². The minimum Gasteiger partial charge on any atom is -0.342 e. The van der Waals surface area contributed by atoms with Gasteiger partial charge in [0.15, 0.2) is 5.17 Å². The van der Waals surface area contributed by atoms with Crippen LogP contribution < -0.4 is 0 Å². The van der Waals surface area contributed by atoms with Crippen molar-refractivity contribution in [3.05, 3.63) is 57.3 Å². The van der Waals surface area contributed by atoms with Crippen molar-refractivity contribution in [2.45, 2.75) is 58.3 Å². The molecule has 1 atom stereocenters. The van der Waals surface area contributed by atoms with Gasteiger partial charge in [-0.25, -0.2) is 4.98 Å². The van der Waals surface area contributed by atoms with E-state index in [1.807, 2.05) is 11.3 Å². The number of aryl methyl sites for hydroxylation is 2. The van der Waals surface area contributed by atoms with Gasteiger partial charge in [0, 0.05) is 28.4 Å². The summed E-state index contributed by atoms with van der Waals surface area (Å²) in [6, 6.07) is 11.4. The second-order valence-electron chi connectivity index (χ2n) is 7.29. The van der Waals surface area contributed by atoms with Crippen molar-refractivity contribution in [2.24, 2.45) is 4.99 Å². The van der Waals surface area contributed by atoms with Gasteiger partial charge in [0.2, 0.25) is 0 Å². The fourth-order valence-electron chi connectivity index (χ4n) is 3.19. The van der Waals surface area contributed by atoms with Crippen LogP contribution in [0.5, 0.6) is 0 Å². The van der Waals surface area contributed by atoms with Crippen LogP contribution >= 0.6 is 23.1 Å². The number of hydrogen-bond acceptors (Lipinski definition) is 4. The minimum absolute atomic E-state index is 0.324. The molecule has 3 aromatic rings. The molecule has 1 aliphatic heterocycles. The lowest BCUT2D eigenvalue weighted by Gasteiger charge is -2.31. The highest BCUT2D eigenvalue weighted by Crippen LogP contribution is 2.35. The first kappa shape index (κ1) is 18.5. The first-order valence-corrected chi connectivity index (χ1v) is 11.2. The van der Waals surface area contributed by atoms with E-state index in [0.717, 1.165) is 35.2 Å². The summed E-state index contributed by atoms with van der Waals surface area (Å²) in [5.41, 5.74) is 5.00. The molecule has 0 radical (unpaired) electrons. The zero-order valence-electron chi connectivity index (χ0n) is 16.3. The molecule has 0 fully saturated rings. The monoisotopic (exact) mass is 395 g/mol. The highest BCUT2D eigenvalue weighted by atomic mass is 32.2. The molecule has 3 heterocycles. The summed E-state index contributed by atoms with van der Waals surface area (Å²) in [4.78, 5) is 13.8. The average Bonchev–Trinajstić information content (AvgIpc) is 3.15. The molecule has 0 N–H and O–H groups in total. The molecule has 0 aliphatic carbocycles. The lowest BCUT2D eigenvalue weighted by molar-refractivity contribution is 0.406. The van der Waals surface area contributed by atoms with Crippen LogP contribution in [0.3, 0.4) is 0 Å². The topological polar surface area (TPSA) is 28.5 Å².